The zero-order valence-corrected chi connectivity index (χ0v) is 26.4. The largest absolute Gasteiger partial charge is 0.465 e. The molecule has 0 spiro atoms. The maximum atomic E-state index is 13.4. The van der Waals surface area contributed by atoms with Gasteiger partial charge in [0.2, 0.25) is 5.91 Å². The van der Waals surface area contributed by atoms with Crippen molar-refractivity contribution in [2.75, 3.05) is 57.4 Å². The van der Waals surface area contributed by atoms with Crippen LogP contribution in [-0.4, -0.2) is 97.5 Å². The highest BCUT2D eigenvalue weighted by atomic mass is 35.5. The van der Waals surface area contributed by atoms with Gasteiger partial charge in [0, 0.05) is 55.5 Å². The maximum absolute atomic E-state index is 13.4. The van der Waals surface area contributed by atoms with Crippen molar-refractivity contribution in [1.82, 2.24) is 9.80 Å². The van der Waals surface area contributed by atoms with E-state index in [9.17, 15) is 14.4 Å². The van der Waals surface area contributed by atoms with Crippen molar-refractivity contribution in [3.05, 3.63) is 64.7 Å². The molecule has 11 heteroatoms. The highest BCUT2D eigenvalue weighted by Gasteiger charge is 2.28. The second kappa shape index (κ2) is 16.9. The second-order valence-corrected chi connectivity index (χ2v) is 11.6. The van der Waals surface area contributed by atoms with Gasteiger partial charge in [0.05, 0.1) is 24.6 Å². The van der Waals surface area contributed by atoms with Crippen molar-refractivity contribution < 1.29 is 23.9 Å². The molecule has 0 saturated carbocycles. The molecule has 2 amide bonds. The van der Waals surface area contributed by atoms with Crippen molar-refractivity contribution in [2.45, 2.75) is 51.0 Å². The van der Waals surface area contributed by atoms with Crippen LogP contribution in [0.1, 0.15) is 43.1 Å². The number of rotatable bonds is 14. The fraction of sp³-hybridized carbons (Fsp3) is 0.516. The summed E-state index contributed by atoms with van der Waals surface area (Å²) in [5, 5.41) is -0.0826. The number of hydrogen-bond acceptors (Lipinski definition) is 8. The van der Waals surface area contributed by atoms with Crippen molar-refractivity contribution in [1.29, 1.82) is 0 Å². The van der Waals surface area contributed by atoms with Gasteiger partial charge < -0.3 is 25.0 Å². The molecule has 1 aliphatic heterocycles. The van der Waals surface area contributed by atoms with Crippen LogP contribution in [0.4, 0.5) is 5.69 Å². The summed E-state index contributed by atoms with van der Waals surface area (Å²) in [6, 6.07) is 14.0. The Kier molecular flexibility index (Phi) is 13.6. The first-order valence-electron chi connectivity index (χ1n) is 14.5. The lowest BCUT2D eigenvalue weighted by Gasteiger charge is -2.35. The minimum atomic E-state index is -0.955. The average Bonchev–Trinajstić information content (AvgIpc) is 2.98. The highest BCUT2D eigenvalue weighted by Crippen LogP contribution is 2.21. The van der Waals surface area contributed by atoms with Gasteiger partial charge in [-0.3, -0.25) is 19.3 Å². The number of esters is 1. The number of thiol groups is 1. The standard InChI is InChI=1S/C31H43ClN4O5S/c1-4-40-31(39)27(33)21-28(42)30(38)36(19-20-41-22(2)3)26-11-7-24(8-12-26)29(37)35-17-15-34(16-18-35)14-13-23-5-9-25(32)10-6-23/h5-12,22,27-28,42H,4,13-21,33H2,1-3H3/t27?,28-/m1/s1. The van der Waals surface area contributed by atoms with E-state index in [-0.39, 0.29) is 37.5 Å². The third-order valence-electron chi connectivity index (χ3n) is 7.10. The molecule has 9 nitrogen and oxygen atoms in total. The number of carbonyl (C=O) groups excluding carboxylic acids is 3. The molecule has 1 unspecified atom stereocenters. The summed E-state index contributed by atoms with van der Waals surface area (Å²) < 4.78 is 10.6. The Morgan fingerprint density at radius 2 is 1.67 bits per heavy atom. The van der Waals surface area contributed by atoms with Crippen LogP contribution < -0.4 is 10.6 Å². The van der Waals surface area contributed by atoms with E-state index < -0.39 is 17.3 Å². The first-order chi connectivity index (χ1) is 20.1. The predicted molar refractivity (Wildman–Crippen MR) is 169 cm³/mol. The van der Waals surface area contributed by atoms with Crippen LogP contribution in [0.15, 0.2) is 48.5 Å². The van der Waals surface area contributed by atoms with E-state index in [0.717, 1.165) is 31.1 Å². The van der Waals surface area contributed by atoms with Gasteiger partial charge in [0.25, 0.3) is 5.91 Å². The van der Waals surface area contributed by atoms with E-state index in [1.807, 2.05) is 43.0 Å². The number of benzene rings is 2. The molecule has 2 aromatic carbocycles. The Hall–Kier alpha value is -2.63. The number of carbonyl (C=O) groups is 3. The summed E-state index contributed by atoms with van der Waals surface area (Å²) in [5.41, 5.74) is 8.35. The van der Waals surface area contributed by atoms with E-state index in [0.29, 0.717) is 30.9 Å². The van der Waals surface area contributed by atoms with Crippen LogP contribution in [0.3, 0.4) is 0 Å². The molecule has 1 aliphatic rings. The van der Waals surface area contributed by atoms with Gasteiger partial charge in [0.15, 0.2) is 0 Å². The zero-order chi connectivity index (χ0) is 30.6. The molecule has 1 fully saturated rings. The topological polar surface area (TPSA) is 105 Å². The van der Waals surface area contributed by atoms with E-state index in [4.69, 9.17) is 26.8 Å². The normalized spacial score (nSPS) is 15.4. The van der Waals surface area contributed by atoms with Gasteiger partial charge in [-0.2, -0.15) is 12.6 Å². The number of nitrogens with two attached hydrogens (primary N) is 1. The van der Waals surface area contributed by atoms with E-state index in [1.165, 1.54) is 5.56 Å². The molecule has 230 valence electrons. The van der Waals surface area contributed by atoms with Gasteiger partial charge >= 0.3 is 5.97 Å². The number of amides is 2. The van der Waals surface area contributed by atoms with Crippen molar-refractivity contribution >= 4 is 47.7 Å². The number of ether oxygens (including phenoxy) is 2. The summed E-state index contributed by atoms with van der Waals surface area (Å²) in [6.45, 7) is 10.2. The summed E-state index contributed by atoms with van der Waals surface area (Å²) in [7, 11) is 0. The molecule has 3 rings (SSSR count). The van der Waals surface area contributed by atoms with Crippen LogP contribution >= 0.6 is 24.2 Å². The summed E-state index contributed by atoms with van der Waals surface area (Å²) in [6.07, 6.45) is 0.972. The number of piperazine rings is 1. The monoisotopic (exact) mass is 618 g/mol. The van der Waals surface area contributed by atoms with Crippen LogP contribution in [0, 0.1) is 0 Å². The highest BCUT2D eigenvalue weighted by molar-refractivity contribution is 7.81. The molecule has 0 bridgehead atoms. The lowest BCUT2D eigenvalue weighted by molar-refractivity contribution is -0.144. The minimum absolute atomic E-state index is 0.00360. The zero-order valence-electron chi connectivity index (χ0n) is 24.7. The molecule has 1 saturated heterocycles. The van der Waals surface area contributed by atoms with E-state index in [1.54, 1.807) is 36.1 Å². The maximum Gasteiger partial charge on any atom is 0.322 e. The SMILES string of the molecule is CCOC(=O)C(N)C[C@@H](S)C(=O)N(CCOC(C)C)c1ccc(C(=O)N2CCN(CCc3ccc(Cl)cc3)CC2)cc1. The summed E-state index contributed by atoms with van der Waals surface area (Å²) in [5.74, 6) is -0.907. The fourth-order valence-corrected chi connectivity index (χ4v) is 5.18. The van der Waals surface area contributed by atoms with Gasteiger partial charge in [-0.05, 0) is 75.6 Å². The Morgan fingerprint density at radius 1 is 1.02 bits per heavy atom. The lowest BCUT2D eigenvalue weighted by atomic mass is 10.1. The number of hydrogen-bond donors (Lipinski definition) is 2. The lowest BCUT2D eigenvalue weighted by Crippen LogP contribution is -2.49. The van der Waals surface area contributed by atoms with Crippen LogP contribution in [0.5, 0.6) is 0 Å². The Balaban J connectivity index is 1.59. The van der Waals surface area contributed by atoms with Gasteiger partial charge in [0.1, 0.15) is 6.04 Å². The molecule has 0 radical (unpaired) electrons. The molecule has 42 heavy (non-hydrogen) atoms. The van der Waals surface area contributed by atoms with Gasteiger partial charge in [-0.25, -0.2) is 0 Å². The molecular formula is C31H43ClN4O5S. The van der Waals surface area contributed by atoms with Crippen LogP contribution in [0.2, 0.25) is 5.02 Å². The van der Waals surface area contributed by atoms with Gasteiger partial charge in [-0.15, -0.1) is 0 Å². The second-order valence-electron chi connectivity index (χ2n) is 10.6. The average molecular weight is 619 g/mol. The molecule has 2 aromatic rings. The third kappa shape index (κ3) is 10.3. The molecule has 0 aliphatic carbocycles. The number of nitrogens with zero attached hydrogens (tertiary/aromatic N) is 3. The van der Waals surface area contributed by atoms with Gasteiger partial charge in [-0.1, -0.05) is 23.7 Å². The molecule has 2 N–H and O–H groups in total. The van der Waals surface area contributed by atoms with Crippen LogP contribution in [0.25, 0.3) is 0 Å². The quantitative estimate of drug-likeness (QED) is 0.246. The molecule has 1 heterocycles. The van der Waals surface area contributed by atoms with Crippen molar-refractivity contribution in [2.24, 2.45) is 5.73 Å². The third-order valence-corrected chi connectivity index (χ3v) is 7.78. The first-order valence-corrected chi connectivity index (χ1v) is 15.4. The van der Waals surface area contributed by atoms with E-state index >= 15 is 0 Å². The first kappa shape index (κ1) is 33.9. The van der Waals surface area contributed by atoms with Crippen LogP contribution in [-0.2, 0) is 25.5 Å². The van der Waals surface area contributed by atoms with Crippen molar-refractivity contribution in [3.8, 4) is 0 Å². The predicted octanol–water partition coefficient (Wildman–Crippen LogP) is 3.68. The Labute approximate surface area is 259 Å². The smallest absolute Gasteiger partial charge is 0.322 e. The Morgan fingerprint density at radius 3 is 2.26 bits per heavy atom. The number of halogens is 1. The summed E-state index contributed by atoms with van der Waals surface area (Å²) in [4.78, 5) is 44.4. The Bertz CT molecular complexity index is 1160. The molecule has 2 atom stereocenters. The van der Waals surface area contributed by atoms with Crippen molar-refractivity contribution in [3.63, 3.8) is 0 Å². The number of anilines is 1. The summed E-state index contributed by atoms with van der Waals surface area (Å²) >= 11 is 10.4. The fourth-order valence-electron chi connectivity index (χ4n) is 4.69. The van der Waals surface area contributed by atoms with E-state index in [2.05, 4.69) is 17.5 Å². The molecular weight excluding hydrogens is 576 g/mol. The molecule has 0 aromatic heterocycles. The minimum Gasteiger partial charge on any atom is -0.465 e.